The van der Waals surface area contributed by atoms with Crippen molar-refractivity contribution in [1.29, 1.82) is 0 Å². The SMILES string of the molecule is CC(=CC(O)COCCOCCOCCO)C(=O)O. The average molecular weight is 278 g/mol. The highest BCUT2D eigenvalue weighted by Crippen LogP contribution is 1.97. The van der Waals surface area contributed by atoms with Crippen molar-refractivity contribution in [2.24, 2.45) is 0 Å². The van der Waals surface area contributed by atoms with Crippen LogP contribution in [0.25, 0.3) is 0 Å². The van der Waals surface area contributed by atoms with E-state index >= 15 is 0 Å². The summed E-state index contributed by atoms with van der Waals surface area (Å²) in [6.07, 6.45) is 0.287. The Hall–Kier alpha value is -0.990. The van der Waals surface area contributed by atoms with Crippen molar-refractivity contribution in [3.8, 4) is 0 Å². The summed E-state index contributed by atoms with van der Waals surface area (Å²) in [5, 5.41) is 26.4. The molecule has 0 aliphatic carbocycles. The van der Waals surface area contributed by atoms with Crippen LogP contribution in [0.5, 0.6) is 0 Å². The highest BCUT2D eigenvalue weighted by Gasteiger charge is 2.05. The van der Waals surface area contributed by atoms with Gasteiger partial charge in [-0.3, -0.25) is 0 Å². The van der Waals surface area contributed by atoms with Gasteiger partial charge >= 0.3 is 5.97 Å². The molecule has 0 aromatic heterocycles. The van der Waals surface area contributed by atoms with Crippen molar-refractivity contribution in [3.05, 3.63) is 11.6 Å². The molecule has 19 heavy (non-hydrogen) atoms. The minimum atomic E-state index is -1.06. The molecule has 0 amide bonds. The van der Waals surface area contributed by atoms with Crippen LogP contribution in [0.2, 0.25) is 0 Å². The van der Waals surface area contributed by atoms with Crippen LogP contribution >= 0.6 is 0 Å². The summed E-state index contributed by atoms with van der Waals surface area (Å²) in [7, 11) is 0. The van der Waals surface area contributed by atoms with Gasteiger partial charge in [0.05, 0.1) is 52.4 Å². The molecule has 1 unspecified atom stereocenters. The highest BCUT2D eigenvalue weighted by atomic mass is 16.5. The smallest absolute Gasteiger partial charge is 0.331 e. The Morgan fingerprint density at radius 3 is 2.16 bits per heavy atom. The molecule has 112 valence electrons. The first kappa shape index (κ1) is 18.0. The molecule has 7 nitrogen and oxygen atoms in total. The molecule has 0 aromatic rings. The Labute approximate surface area is 112 Å². The number of aliphatic hydroxyl groups excluding tert-OH is 2. The van der Waals surface area contributed by atoms with Gasteiger partial charge in [0.2, 0.25) is 0 Å². The summed E-state index contributed by atoms with van der Waals surface area (Å²) in [6.45, 7) is 3.18. The first-order chi connectivity index (χ1) is 9.07. The van der Waals surface area contributed by atoms with E-state index in [2.05, 4.69) is 0 Å². The van der Waals surface area contributed by atoms with Crippen molar-refractivity contribution in [2.75, 3.05) is 46.2 Å². The zero-order valence-electron chi connectivity index (χ0n) is 11.1. The minimum absolute atomic E-state index is 0.00965. The van der Waals surface area contributed by atoms with E-state index in [4.69, 9.17) is 24.4 Å². The summed E-state index contributed by atoms with van der Waals surface area (Å²) >= 11 is 0. The fourth-order valence-corrected chi connectivity index (χ4v) is 1.12. The first-order valence-electron chi connectivity index (χ1n) is 6.01. The van der Waals surface area contributed by atoms with Gasteiger partial charge in [-0.2, -0.15) is 0 Å². The second-order valence-corrected chi connectivity index (χ2v) is 3.75. The van der Waals surface area contributed by atoms with Crippen LogP contribution in [0.4, 0.5) is 0 Å². The lowest BCUT2D eigenvalue weighted by atomic mass is 10.2. The number of carboxylic acids is 1. The topological polar surface area (TPSA) is 105 Å². The van der Waals surface area contributed by atoms with Crippen LogP contribution in [0.1, 0.15) is 6.92 Å². The predicted molar refractivity (Wildman–Crippen MR) is 66.9 cm³/mol. The van der Waals surface area contributed by atoms with E-state index in [-0.39, 0.29) is 18.8 Å². The molecule has 0 aromatic carbocycles. The molecule has 0 saturated carbocycles. The van der Waals surface area contributed by atoms with Crippen molar-refractivity contribution in [2.45, 2.75) is 13.0 Å². The van der Waals surface area contributed by atoms with Crippen molar-refractivity contribution < 1.29 is 34.3 Å². The van der Waals surface area contributed by atoms with Crippen LogP contribution in [0, 0.1) is 0 Å². The summed E-state index contributed by atoms with van der Waals surface area (Å²) < 4.78 is 15.2. The first-order valence-corrected chi connectivity index (χ1v) is 6.01. The van der Waals surface area contributed by atoms with Gasteiger partial charge in [0, 0.05) is 5.57 Å². The summed E-state index contributed by atoms with van der Waals surface area (Å²) in [6, 6.07) is 0. The molecule has 0 radical (unpaired) electrons. The molecule has 0 spiro atoms. The maximum Gasteiger partial charge on any atom is 0.331 e. The third kappa shape index (κ3) is 11.8. The summed E-state index contributed by atoms with van der Waals surface area (Å²) in [4.78, 5) is 10.5. The second-order valence-electron chi connectivity index (χ2n) is 3.75. The molecular formula is C12H22O7. The van der Waals surface area contributed by atoms with E-state index in [1.165, 1.54) is 13.0 Å². The van der Waals surface area contributed by atoms with Gasteiger partial charge in [-0.1, -0.05) is 0 Å². The lowest BCUT2D eigenvalue weighted by molar-refractivity contribution is -0.132. The van der Waals surface area contributed by atoms with E-state index in [9.17, 15) is 9.90 Å². The number of carboxylic acid groups (broad SMARTS) is 1. The Kier molecular flexibility index (Phi) is 11.4. The number of aliphatic carboxylic acids is 1. The standard InChI is InChI=1S/C12H22O7/c1-10(12(15)16)8-11(14)9-19-7-6-18-5-4-17-3-2-13/h8,11,13-14H,2-7,9H2,1H3,(H,15,16). The molecule has 1 atom stereocenters. The maximum absolute atomic E-state index is 10.5. The molecular weight excluding hydrogens is 256 g/mol. The minimum Gasteiger partial charge on any atom is -0.478 e. The fraction of sp³-hybridized carbons (Fsp3) is 0.750. The quantitative estimate of drug-likeness (QED) is 0.324. The molecule has 0 rings (SSSR count). The summed E-state index contributed by atoms with van der Waals surface area (Å²) in [5.74, 6) is -1.06. The Balaban J connectivity index is 3.39. The van der Waals surface area contributed by atoms with Gasteiger partial charge in [0.15, 0.2) is 0 Å². The van der Waals surface area contributed by atoms with Gasteiger partial charge in [0.25, 0.3) is 0 Å². The monoisotopic (exact) mass is 278 g/mol. The van der Waals surface area contributed by atoms with E-state index in [0.29, 0.717) is 33.0 Å². The Morgan fingerprint density at radius 1 is 1.11 bits per heavy atom. The zero-order valence-corrected chi connectivity index (χ0v) is 11.1. The highest BCUT2D eigenvalue weighted by molar-refractivity contribution is 5.85. The van der Waals surface area contributed by atoms with E-state index in [1.807, 2.05) is 0 Å². The maximum atomic E-state index is 10.5. The number of hydrogen-bond donors (Lipinski definition) is 3. The average Bonchev–Trinajstić information content (AvgIpc) is 2.36. The third-order valence-corrected chi connectivity index (χ3v) is 2.05. The van der Waals surface area contributed by atoms with Crippen molar-refractivity contribution in [1.82, 2.24) is 0 Å². The van der Waals surface area contributed by atoms with E-state index < -0.39 is 12.1 Å². The number of carbonyl (C=O) groups is 1. The predicted octanol–water partition coefficient (Wildman–Crippen LogP) is -0.580. The lowest BCUT2D eigenvalue weighted by Crippen LogP contribution is -2.17. The molecule has 0 saturated heterocycles. The number of aliphatic hydroxyl groups is 2. The van der Waals surface area contributed by atoms with Crippen molar-refractivity contribution >= 4 is 5.97 Å². The van der Waals surface area contributed by atoms with Gasteiger partial charge in [-0.05, 0) is 13.0 Å². The number of ether oxygens (including phenoxy) is 3. The van der Waals surface area contributed by atoms with Crippen LogP contribution in [-0.4, -0.2) is 73.6 Å². The van der Waals surface area contributed by atoms with Crippen LogP contribution < -0.4 is 0 Å². The fourth-order valence-electron chi connectivity index (χ4n) is 1.12. The number of rotatable bonds is 12. The molecule has 0 heterocycles. The van der Waals surface area contributed by atoms with E-state index in [0.717, 1.165) is 0 Å². The summed E-state index contributed by atoms with van der Waals surface area (Å²) in [5.41, 5.74) is 0.0772. The van der Waals surface area contributed by atoms with Crippen molar-refractivity contribution in [3.63, 3.8) is 0 Å². The third-order valence-electron chi connectivity index (χ3n) is 2.05. The Bertz CT molecular complexity index is 265. The number of hydrogen-bond acceptors (Lipinski definition) is 6. The van der Waals surface area contributed by atoms with Crippen LogP contribution in [0.15, 0.2) is 11.6 Å². The van der Waals surface area contributed by atoms with Crippen LogP contribution in [-0.2, 0) is 19.0 Å². The van der Waals surface area contributed by atoms with Gasteiger partial charge < -0.3 is 29.5 Å². The molecule has 3 N–H and O–H groups in total. The molecule has 0 fully saturated rings. The normalized spacial score (nSPS) is 13.5. The largest absolute Gasteiger partial charge is 0.478 e. The zero-order chi connectivity index (χ0) is 14.5. The molecule has 7 heteroatoms. The van der Waals surface area contributed by atoms with Gasteiger partial charge in [0.1, 0.15) is 0 Å². The van der Waals surface area contributed by atoms with E-state index in [1.54, 1.807) is 0 Å². The second kappa shape index (κ2) is 12.1. The van der Waals surface area contributed by atoms with Crippen LogP contribution in [0.3, 0.4) is 0 Å². The van der Waals surface area contributed by atoms with Gasteiger partial charge in [-0.25, -0.2) is 4.79 Å². The van der Waals surface area contributed by atoms with Gasteiger partial charge in [-0.15, -0.1) is 0 Å². The Morgan fingerprint density at radius 2 is 1.63 bits per heavy atom. The molecule has 0 bridgehead atoms. The molecule has 0 aliphatic heterocycles. The lowest BCUT2D eigenvalue weighted by Gasteiger charge is -2.08. The molecule has 0 aliphatic rings.